The van der Waals surface area contributed by atoms with Gasteiger partial charge in [-0.15, -0.1) is 0 Å². The molecule has 3 aliphatic heterocycles. The highest BCUT2D eigenvalue weighted by Crippen LogP contribution is 2.46. The lowest BCUT2D eigenvalue weighted by atomic mass is 9.93. The van der Waals surface area contributed by atoms with E-state index in [2.05, 4.69) is 0 Å². The zero-order valence-electron chi connectivity index (χ0n) is 21.5. The Morgan fingerprint density at radius 2 is 1.18 bits per heavy atom. The maximum absolute atomic E-state index is 10.6. The molecule has 5 rings (SSSR count). The zero-order valence-corrected chi connectivity index (χ0v) is 21.5. The summed E-state index contributed by atoms with van der Waals surface area (Å²) in [5.41, 5.74) is 0.983. The number of hydrogen-bond donors (Lipinski definition) is 8. The highest BCUT2D eigenvalue weighted by Gasteiger charge is 2.47. The molecule has 0 bridgehead atoms. The number of hydrogen-bond acceptors (Lipinski definition) is 14. The fourth-order valence-corrected chi connectivity index (χ4v) is 5.23. The molecule has 222 valence electrons. The molecule has 2 fully saturated rings. The van der Waals surface area contributed by atoms with Crippen LogP contribution in [-0.2, 0) is 32.0 Å². The monoisotopic (exact) mass is 570 g/mol. The first-order chi connectivity index (χ1) is 19.2. The minimum absolute atomic E-state index is 0.0452. The number of benzene rings is 2. The summed E-state index contributed by atoms with van der Waals surface area (Å²) in [7, 11) is 1.46. The van der Waals surface area contributed by atoms with Crippen molar-refractivity contribution in [2.75, 3.05) is 20.3 Å². The standard InChI is InChI=1S/C26H34O14/c1-35-16-6-12-13(9-36-16)24(40-26-22(34)20(32)18(30)15(8-28)38-26)11-5-3-2-4-10(11)23(12)39-25-21(33)19(31)17(29)14(7-27)37-25/h2-5,14-22,25-34H,6-9H2,1H3/t14-,15-,16-,17-,18-,19+,20+,21-,22-,25+,26+/m1/s1. The van der Waals surface area contributed by atoms with E-state index in [4.69, 9.17) is 28.4 Å². The summed E-state index contributed by atoms with van der Waals surface area (Å²) >= 11 is 0. The van der Waals surface area contributed by atoms with Gasteiger partial charge in [-0.25, -0.2) is 0 Å². The van der Waals surface area contributed by atoms with Crippen LogP contribution in [-0.4, -0.2) is 129 Å². The van der Waals surface area contributed by atoms with Gasteiger partial charge in [-0.05, 0) is 0 Å². The molecule has 14 nitrogen and oxygen atoms in total. The number of rotatable bonds is 7. The van der Waals surface area contributed by atoms with Crippen molar-refractivity contribution in [3.63, 3.8) is 0 Å². The number of fused-ring (bicyclic) bond motifs is 2. The molecule has 3 heterocycles. The number of aliphatic hydroxyl groups is 8. The molecule has 0 spiro atoms. The third kappa shape index (κ3) is 5.15. The first kappa shape index (κ1) is 29.3. The van der Waals surface area contributed by atoms with E-state index in [1.165, 1.54) is 7.11 Å². The molecule has 8 N–H and O–H groups in total. The Bertz CT molecular complexity index is 1170. The Morgan fingerprint density at radius 3 is 1.62 bits per heavy atom. The van der Waals surface area contributed by atoms with Crippen LogP contribution in [0.1, 0.15) is 11.1 Å². The molecule has 40 heavy (non-hydrogen) atoms. The smallest absolute Gasteiger partial charge is 0.229 e. The first-order valence-corrected chi connectivity index (χ1v) is 12.8. The van der Waals surface area contributed by atoms with Gasteiger partial charge in [0.15, 0.2) is 6.29 Å². The Balaban J connectivity index is 1.59. The number of ether oxygens (including phenoxy) is 6. The molecule has 14 heteroatoms. The highest BCUT2D eigenvalue weighted by molar-refractivity contribution is 5.96. The van der Waals surface area contributed by atoms with Gasteiger partial charge in [0.2, 0.25) is 12.6 Å². The second-order valence-corrected chi connectivity index (χ2v) is 9.97. The molecule has 0 unspecified atom stereocenters. The molecule has 2 aromatic carbocycles. The van der Waals surface area contributed by atoms with Crippen LogP contribution in [0.5, 0.6) is 11.5 Å². The predicted octanol–water partition coefficient (Wildman–Crippen LogP) is -2.76. The summed E-state index contributed by atoms with van der Waals surface area (Å²) in [6.07, 6.45) is -15.6. The number of methoxy groups -OCH3 is 1. The van der Waals surface area contributed by atoms with Crippen LogP contribution in [0, 0.1) is 0 Å². The molecule has 0 radical (unpaired) electrons. The van der Waals surface area contributed by atoms with E-state index < -0.39 is 80.9 Å². The molecular weight excluding hydrogens is 536 g/mol. The van der Waals surface area contributed by atoms with E-state index in [9.17, 15) is 40.9 Å². The lowest BCUT2D eigenvalue weighted by molar-refractivity contribution is -0.278. The molecule has 0 aromatic heterocycles. The second kappa shape index (κ2) is 12.0. The minimum atomic E-state index is -1.66. The van der Waals surface area contributed by atoms with Gasteiger partial charge < -0.3 is 69.3 Å². The quantitative estimate of drug-likeness (QED) is 0.169. The van der Waals surface area contributed by atoms with E-state index in [-0.39, 0.29) is 24.5 Å². The SMILES string of the molecule is CO[C@H]1Cc2c(c(O[C@@H]3O[C@H](CO)[C@@H](O)[C@H](O)[C@H]3O)c3ccccc3c2O[C@@H]2O[C@H](CO)[C@@H](O)[C@H](O)[C@H]2O)CO1. The van der Waals surface area contributed by atoms with Crippen molar-refractivity contribution < 1.29 is 69.3 Å². The van der Waals surface area contributed by atoms with Gasteiger partial charge in [0, 0.05) is 35.4 Å². The molecular formula is C26H34O14. The van der Waals surface area contributed by atoms with Crippen molar-refractivity contribution in [3.8, 4) is 11.5 Å². The van der Waals surface area contributed by atoms with Crippen LogP contribution in [0.3, 0.4) is 0 Å². The van der Waals surface area contributed by atoms with Crippen molar-refractivity contribution in [2.24, 2.45) is 0 Å². The van der Waals surface area contributed by atoms with Gasteiger partial charge in [-0.2, -0.15) is 0 Å². The van der Waals surface area contributed by atoms with Gasteiger partial charge in [0.25, 0.3) is 0 Å². The normalized spacial score (nSPS) is 38.2. The highest BCUT2D eigenvalue weighted by atomic mass is 16.7. The van der Waals surface area contributed by atoms with Gasteiger partial charge >= 0.3 is 0 Å². The van der Waals surface area contributed by atoms with E-state index in [0.29, 0.717) is 21.9 Å². The molecule has 2 saturated heterocycles. The van der Waals surface area contributed by atoms with E-state index in [1.807, 2.05) is 0 Å². The maximum Gasteiger partial charge on any atom is 0.229 e. The van der Waals surface area contributed by atoms with Crippen molar-refractivity contribution >= 4 is 10.8 Å². The maximum atomic E-state index is 10.6. The zero-order chi connectivity index (χ0) is 28.7. The van der Waals surface area contributed by atoms with Gasteiger partial charge in [-0.1, -0.05) is 24.3 Å². The fourth-order valence-electron chi connectivity index (χ4n) is 5.23. The molecule has 0 amide bonds. The third-order valence-corrected chi connectivity index (χ3v) is 7.54. The molecule has 3 aliphatic rings. The summed E-state index contributed by atoms with van der Waals surface area (Å²) in [4.78, 5) is 0. The Kier molecular flexibility index (Phi) is 8.77. The summed E-state index contributed by atoms with van der Waals surface area (Å²) in [6.45, 7) is -1.31. The van der Waals surface area contributed by atoms with Crippen molar-refractivity contribution in [1.29, 1.82) is 0 Å². The molecule has 11 atom stereocenters. The largest absolute Gasteiger partial charge is 0.461 e. The Morgan fingerprint density at radius 1 is 0.700 bits per heavy atom. The summed E-state index contributed by atoms with van der Waals surface area (Å²) in [5, 5.41) is 82.2. The average Bonchev–Trinajstić information content (AvgIpc) is 2.98. The first-order valence-electron chi connectivity index (χ1n) is 12.8. The van der Waals surface area contributed by atoms with Crippen LogP contribution in [0.15, 0.2) is 24.3 Å². The molecule has 0 aliphatic carbocycles. The van der Waals surface area contributed by atoms with E-state index in [0.717, 1.165) is 0 Å². The summed E-state index contributed by atoms with van der Waals surface area (Å²) < 4.78 is 34.6. The summed E-state index contributed by atoms with van der Waals surface area (Å²) in [6, 6.07) is 6.83. The average molecular weight is 571 g/mol. The van der Waals surface area contributed by atoms with Crippen molar-refractivity contribution in [1.82, 2.24) is 0 Å². The van der Waals surface area contributed by atoms with E-state index >= 15 is 0 Å². The summed E-state index contributed by atoms with van der Waals surface area (Å²) in [5.74, 6) is 0.451. The lowest BCUT2D eigenvalue weighted by Crippen LogP contribution is -2.60. The topological polar surface area (TPSA) is 217 Å². The van der Waals surface area contributed by atoms with Crippen LogP contribution >= 0.6 is 0 Å². The van der Waals surface area contributed by atoms with Crippen LogP contribution in [0.2, 0.25) is 0 Å². The van der Waals surface area contributed by atoms with Gasteiger partial charge in [0.05, 0.1) is 19.8 Å². The van der Waals surface area contributed by atoms with Crippen molar-refractivity contribution in [3.05, 3.63) is 35.4 Å². The van der Waals surface area contributed by atoms with Gasteiger partial charge in [-0.3, -0.25) is 0 Å². The van der Waals surface area contributed by atoms with Crippen molar-refractivity contribution in [2.45, 2.75) is 80.7 Å². The molecule has 2 aromatic rings. The second-order valence-electron chi connectivity index (χ2n) is 9.97. The minimum Gasteiger partial charge on any atom is -0.461 e. The van der Waals surface area contributed by atoms with E-state index in [1.54, 1.807) is 24.3 Å². The number of aliphatic hydroxyl groups excluding tert-OH is 8. The van der Waals surface area contributed by atoms with Crippen LogP contribution in [0.25, 0.3) is 10.8 Å². The molecule has 0 saturated carbocycles. The third-order valence-electron chi connectivity index (χ3n) is 7.54. The predicted molar refractivity (Wildman–Crippen MR) is 132 cm³/mol. The van der Waals surface area contributed by atoms with Crippen LogP contribution in [0.4, 0.5) is 0 Å². The fraction of sp³-hybridized carbons (Fsp3) is 0.615. The van der Waals surface area contributed by atoms with Gasteiger partial charge in [0.1, 0.15) is 60.3 Å². The Hall–Kier alpha value is -2.18. The Labute approximate surface area is 228 Å². The van der Waals surface area contributed by atoms with Crippen LogP contribution < -0.4 is 9.47 Å². The lowest BCUT2D eigenvalue weighted by Gasteiger charge is -2.41.